The van der Waals surface area contributed by atoms with Gasteiger partial charge in [-0.3, -0.25) is 0 Å². The lowest BCUT2D eigenvalue weighted by atomic mass is 10.3. The number of amides is 1. The topological polar surface area (TPSA) is 54.0 Å². The SMILES string of the molecule is CCOC(=O)N1CCN(C(=S)Nc2cc(Cl)ccc2OC)CC1. The summed E-state index contributed by atoms with van der Waals surface area (Å²) in [6.07, 6.45) is -0.275. The number of hydrogen-bond donors (Lipinski definition) is 1. The predicted octanol–water partition coefficient (Wildman–Crippen LogP) is 2.82. The first-order valence-corrected chi connectivity index (χ1v) is 8.15. The maximum Gasteiger partial charge on any atom is 0.409 e. The van der Waals surface area contributed by atoms with Crippen molar-refractivity contribution in [3.05, 3.63) is 23.2 Å². The number of anilines is 1. The Morgan fingerprint density at radius 2 is 1.96 bits per heavy atom. The molecule has 1 aliphatic heterocycles. The molecule has 0 saturated carbocycles. The molecule has 0 aromatic heterocycles. The van der Waals surface area contributed by atoms with Gasteiger partial charge in [-0.05, 0) is 37.3 Å². The third kappa shape index (κ3) is 4.62. The lowest BCUT2D eigenvalue weighted by Gasteiger charge is -2.35. The fraction of sp³-hybridized carbons (Fsp3) is 0.467. The maximum absolute atomic E-state index is 11.7. The van der Waals surface area contributed by atoms with Crippen LogP contribution in [-0.4, -0.2) is 60.9 Å². The molecule has 23 heavy (non-hydrogen) atoms. The Labute approximate surface area is 146 Å². The summed E-state index contributed by atoms with van der Waals surface area (Å²) >= 11 is 11.5. The Kier molecular flexibility index (Phi) is 6.29. The molecule has 0 atom stereocenters. The third-order valence-electron chi connectivity index (χ3n) is 3.50. The van der Waals surface area contributed by atoms with Crippen molar-refractivity contribution in [2.24, 2.45) is 0 Å². The summed E-state index contributed by atoms with van der Waals surface area (Å²) in [5.41, 5.74) is 0.720. The van der Waals surface area contributed by atoms with Gasteiger partial charge in [0.1, 0.15) is 5.75 Å². The van der Waals surface area contributed by atoms with E-state index < -0.39 is 0 Å². The number of nitrogens with one attached hydrogen (secondary N) is 1. The minimum absolute atomic E-state index is 0.275. The van der Waals surface area contributed by atoms with Crippen molar-refractivity contribution >= 4 is 40.7 Å². The van der Waals surface area contributed by atoms with Gasteiger partial charge in [-0.2, -0.15) is 0 Å². The summed E-state index contributed by atoms with van der Waals surface area (Å²) in [5, 5.41) is 4.33. The maximum atomic E-state index is 11.7. The van der Waals surface area contributed by atoms with E-state index in [0.29, 0.717) is 48.7 Å². The lowest BCUT2D eigenvalue weighted by molar-refractivity contribution is 0.0923. The van der Waals surface area contributed by atoms with Gasteiger partial charge < -0.3 is 24.6 Å². The number of piperazine rings is 1. The third-order valence-corrected chi connectivity index (χ3v) is 4.09. The van der Waals surface area contributed by atoms with E-state index in [1.54, 1.807) is 37.1 Å². The van der Waals surface area contributed by atoms with Crippen LogP contribution in [0.1, 0.15) is 6.92 Å². The minimum Gasteiger partial charge on any atom is -0.495 e. The largest absolute Gasteiger partial charge is 0.495 e. The van der Waals surface area contributed by atoms with Crippen molar-refractivity contribution in [1.82, 2.24) is 9.80 Å². The Morgan fingerprint density at radius 3 is 2.57 bits per heavy atom. The van der Waals surface area contributed by atoms with Crippen LogP contribution in [0, 0.1) is 0 Å². The van der Waals surface area contributed by atoms with Crippen molar-refractivity contribution in [3.8, 4) is 5.75 Å². The molecule has 1 aliphatic rings. The van der Waals surface area contributed by atoms with Crippen LogP contribution >= 0.6 is 23.8 Å². The van der Waals surface area contributed by atoms with E-state index in [9.17, 15) is 4.79 Å². The standard InChI is InChI=1S/C15H20ClN3O3S/c1-3-22-15(20)19-8-6-18(7-9-19)14(23)17-12-10-11(16)4-5-13(12)21-2/h4-5,10H,3,6-9H2,1-2H3,(H,17,23). The smallest absolute Gasteiger partial charge is 0.409 e. The molecule has 0 radical (unpaired) electrons. The molecular formula is C15H20ClN3O3S. The molecule has 1 saturated heterocycles. The van der Waals surface area contributed by atoms with Gasteiger partial charge in [0.2, 0.25) is 0 Å². The van der Waals surface area contributed by atoms with E-state index in [1.165, 1.54) is 0 Å². The first kappa shape index (κ1) is 17.6. The molecular weight excluding hydrogens is 338 g/mol. The highest BCUT2D eigenvalue weighted by molar-refractivity contribution is 7.80. The van der Waals surface area contributed by atoms with Gasteiger partial charge in [-0.25, -0.2) is 4.79 Å². The number of nitrogens with zero attached hydrogens (tertiary/aromatic N) is 2. The van der Waals surface area contributed by atoms with Gasteiger partial charge in [0.15, 0.2) is 5.11 Å². The van der Waals surface area contributed by atoms with Crippen LogP contribution in [0.3, 0.4) is 0 Å². The highest BCUT2D eigenvalue weighted by Gasteiger charge is 2.23. The van der Waals surface area contributed by atoms with Crippen LogP contribution in [-0.2, 0) is 4.74 Å². The summed E-state index contributed by atoms with van der Waals surface area (Å²) in [5.74, 6) is 0.668. The summed E-state index contributed by atoms with van der Waals surface area (Å²) in [6.45, 7) is 4.63. The second-order valence-electron chi connectivity index (χ2n) is 4.95. The van der Waals surface area contributed by atoms with E-state index >= 15 is 0 Å². The highest BCUT2D eigenvalue weighted by atomic mass is 35.5. The van der Waals surface area contributed by atoms with E-state index in [-0.39, 0.29) is 6.09 Å². The van der Waals surface area contributed by atoms with E-state index in [0.717, 1.165) is 5.69 Å². The first-order valence-electron chi connectivity index (χ1n) is 7.36. The molecule has 2 rings (SSSR count). The van der Waals surface area contributed by atoms with Crippen LogP contribution in [0.4, 0.5) is 10.5 Å². The molecule has 8 heteroatoms. The van der Waals surface area contributed by atoms with Crippen LogP contribution in [0.15, 0.2) is 18.2 Å². The number of thiocarbonyl (C=S) groups is 1. The number of halogens is 1. The highest BCUT2D eigenvalue weighted by Crippen LogP contribution is 2.28. The number of ether oxygens (including phenoxy) is 2. The quantitative estimate of drug-likeness (QED) is 0.839. The average Bonchev–Trinajstić information content (AvgIpc) is 2.55. The molecule has 1 fully saturated rings. The van der Waals surface area contributed by atoms with Crippen molar-refractivity contribution in [1.29, 1.82) is 0 Å². The number of hydrogen-bond acceptors (Lipinski definition) is 4. The summed E-state index contributed by atoms with van der Waals surface area (Å²) < 4.78 is 10.3. The van der Waals surface area contributed by atoms with Crippen LogP contribution < -0.4 is 10.1 Å². The molecule has 0 aliphatic carbocycles. The zero-order valence-electron chi connectivity index (χ0n) is 13.2. The molecule has 1 heterocycles. The zero-order valence-corrected chi connectivity index (χ0v) is 14.7. The Bertz CT molecular complexity index is 577. The fourth-order valence-corrected chi connectivity index (χ4v) is 2.74. The Morgan fingerprint density at radius 1 is 1.30 bits per heavy atom. The lowest BCUT2D eigenvalue weighted by Crippen LogP contribution is -2.51. The first-order chi connectivity index (χ1) is 11.0. The van der Waals surface area contributed by atoms with Crippen LogP contribution in [0.25, 0.3) is 0 Å². The number of carbonyl (C=O) groups excluding carboxylic acids is 1. The van der Waals surface area contributed by atoms with Crippen molar-refractivity contribution in [2.45, 2.75) is 6.92 Å². The van der Waals surface area contributed by atoms with Gasteiger partial charge in [-0.15, -0.1) is 0 Å². The van der Waals surface area contributed by atoms with Crippen molar-refractivity contribution in [3.63, 3.8) is 0 Å². The Hall–Kier alpha value is -1.73. The number of benzene rings is 1. The molecule has 0 bridgehead atoms. The molecule has 6 nitrogen and oxygen atoms in total. The van der Waals surface area contributed by atoms with Crippen molar-refractivity contribution < 1.29 is 14.3 Å². The normalized spacial score (nSPS) is 14.4. The molecule has 126 valence electrons. The second kappa shape index (κ2) is 8.21. The fourth-order valence-electron chi connectivity index (χ4n) is 2.28. The zero-order chi connectivity index (χ0) is 16.8. The molecule has 1 aromatic carbocycles. The molecule has 1 N–H and O–H groups in total. The molecule has 0 unspecified atom stereocenters. The molecule has 1 amide bonds. The predicted molar refractivity (Wildman–Crippen MR) is 94.4 cm³/mol. The van der Waals surface area contributed by atoms with Gasteiger partial charge in [0.25, 0.3) is 0 Å². The number of rotatable bonds is 3. The summed E-state index contributed by atoms with van der Waals surface area (Å²) in [6, 6.07) is 5.31. The number of methoxy groups -OCH3 is 1. The molecule has 0 spiro atoms. The van der Waals surface area contributed by atoms with Gasteiger partial charge in [-0.1, -0.05) is 11.6 Å². The van der Waals surface area contributed by atoms with Gasteiger partial charge in [0, 0.05) is 31.2 Å². The van der Waals surface area contributed by atoms with E-state index in [1.807, 2.05) is 4.90 Å². The Balaban J connectivity index is 1.93. The number of carbonyl (C=O) groups is 1. The van der Waals surface area contributed by atoms with Gasteiger partial charge >= 0.3 is 6.09 Å². The van der Waals surface area contributed by atoms with Crippen molar-refractivity contribution in [2.75, 3.05) is 45.2 Å². The van der Waals surface area contributed by atoms with E-state index in [2.05, 4.69) is 5.32 Å². The molecule has 1 aromatic rings. The monoisotopic (exact) mass is 357 g/mol. The van der Waals surface area contributed by atoms with Crippen LogP contribution in [0.5, 0.6) is 5.75 Å². The summed E-state index contributed by atoms with van der Waals surface area (Å²) in [7, 11) is 1.59. The second-order valence-corrected chi connectivity index (χ2v) is 5.77. The van der Waals surface area contributed by atoms with E-state index in [4.69, 9.17) is 33.3 Å². The summed E-state index contributed by atoms with van der Waals surface area (Å²) in [4.78, 5) is 15.4. The average molecular weight is 358 g/mol. The minimum atomic E-state index is -0.275. The van der Waals surface area contributed by atoms with Crippen LogP contribution in [0.2, 0.25) is 5.02 Å². The van der Waals surface area contributed by atoms with Gasteiger partial charge in [0.05, 0.1) is 19.4 Å².